The van der Waals surface area contributed by atoms with Crippen LogP contribution in [0.5, 0.6) is 0 Å². The lowest BCUT2D eigenvalue weighted by molar-refractivity contribution is -0.387. The largest absolute Gasteiger partial charge is 0.305 e. The number of benzene rings is 4. The van der Waals surface area contributed by atoms with E-state index in [1.807, 2.05) is 0 Å². The van der Waals surface area contributed by atoms with E-state index in [1.54, 1.807) is 73.1 Å². The summed E-state index contributed by atoms with van der Waals surface area (Å²) in [5, 5.41) is 62.5. The Morgan fingerprint density at radius 2 is 1.09 bits per heavy atom. The van der Waals surface area contributed by atoms with Gasteiger partial charge in [-0.25, -0.2) is 9.36 Å². The summed E-state index contributed by atoms with van der Waals surface area (Å²) in [6.45, 7) is 0. The van der Waals surface area contributed by atoms with Crippen LogP contribution in [0.15, 0.2) is 157 Å². The molecule has 0 N–H and O–H groups in total. The standard InChI is InChI=1S/C20H14ClN5O4S.C15H10BrClN4O3S.C6H3BrFNO2.C6H3BrN4O2/c21-19-9-8-18(31-19)17(27)7-4-13-12-25(23-22-13)15-6-5-14(11-16(15)26(29)30)24-10-2-1-3-20(24)28;16-9-1-3-11(12(7-9)21(23)24)20-8-10(18-19-20)2-4-13(22)14-5-6-15(17)25-14;7-4-1-2-5(8)6(3-4)9(10)11;7-4-1-2-5(9-10-8)6(3-4)11(12)13/h1-3,5-6,8-12H,4,7H2;1,3,5-8H,2,4H2;1-3H;1-3H. The van der Waals surface area contributed by atoms with Crippen LogP contribution in [0.1, 0.15) is 43.6 Å². The van der Waals surface area contributed by atoms with Crippen molar-refractivity contribution in [1.29, 1.82) is 0 Å². The van der Waals surface area contributed by atoms with Crippen LogP contribution in [0.2, 0.25) is 8.67 Å². The Bertz CT molecular complexity index is 3930. The van der Waals surface area contributed by atoms with Crippen LogP contribution in [0.3, 0.4) is 0 Å². The topological polar surface area (TPSA) is 339 Å². The van der Waals surface area contributed by atoms with Crippen molar-refractivity contribution < 1.29 is 33.7 Å². The van der Waals surface area contributed by atoms with Gasteiger partial charge in [-0.3, -0.25) is 59.4 Å². The number of carbonyl (C=O) groups is 2. The van der Waals surface area contributed by atoms with Gasteiger partial charge in [0.1, 0.15) is 17.1 Å². The Balaban J connectivity index is 0.000000187. The summed E-state index contributed by atoms with van der Waals surface area (Å²) in [5.74, 6) is -0.908. The average Bonchev–Trinajstić information content (AvgIpc) is 4.34. The maximum Gasteiger partial charge on any atom is 0.305 e. The molecule has 4 aromatic carbocycles. The Morgan fingerprint density at radius 1 is 0.625 bits per heavy atom. The van der Waals surface area contributed by atoms with Crippen LogP contribution >= 0.6 is 93.7 Å². The van der Waals surface area contributed by atoms with Gasteiger partial charge in [0.2, 0.25) is 5.82 Å². The molecule has 0 amide bonds. The SMILES string of the molecule is O=C(CCc1cn(-c2ccc(-n3ccccc3=O)cc2[N+](=O)[O-])nn1)c1ccc(Cl)s1.O=C(CCc1cn(-c2ccc(Br)cc2[N+](=O)[O-])nn1)c1ccc(Cl)s1.O=[N+]([O-])c1cc(Br)ccc1F.[N-]=[N+]=Nc1ccc(Br)cc1[N+](=O)[O-]. The third-order valence-corrected chi connectivity index (χ3v) is 14.3. The first-order valence-electron chi connectivity index (χ1n) is 22.0. The van der Waals surface area contributed by atoms with E-state index in [-0.39, 0.29) is 58.4 Å². The summed E-state index contributed by atoms with van der Waals surface area (Å²) in [7, 11) is 0. The van der Waals surface area contributed by atoms with Gasteiger partial charge in [-0.2, -0.15) is 4.39 Å². The summed E-state index contributed by atoms with van der Waals surface area (Å²) in [4.78, 5) is 81.0. The molecule has 0 saturated carbocycles. The molecule has 0 aliphatic rings. The second-order valence-electron chi connectivity index (χ2n) is 15.5. The molecule has 0 spiro atoms. The summed E-state index contributed by atoms with van der Waals surface area (Å²) >= 11 is 23.4. The lowest BCUT2D eigenvalue weighted by atomic mass is 10.1. The fourth-order valence-electron chi connectivity index (χ4n) is 6.60. The molecule has 0 saturated heterocycles. The lowest BCUT2D eigenvalue weighted by Gasteiger charge is -2.07. The number of hydrogen-bond acceptors (Lipinski definition) is 18. The quantitative estimate of drug-likeness (QED) is 0.0217. The zero-order chi connectivity index (χ0) is 58.2. The van der Waals surface area contributed by atoms with Crippen LogP contribution < -0.4 is 5.56 Å². The molecule has 5 aromatic heterocycles. The van der Waals surface area contributed by atoms with Crippen molar-refractivity contribution in [1.82, 2.24) is 34.6 Å². The minimum absolute atomic E-state index is 0.00991. The van der Waals surface area contributed by atoms with E-state index in [0.29, 0.717) is 67.4 Å². The van der Waals surface area contributed by atoms with Gasteiger partial charge in [0.25, 0.3) is 22.6 Å². The van der Waals surface area contributed by atoms with Gasteiger partial charge in [0.05, 0.1) is 67.6 Å². The smallest absolute Gasteiger partial charge is 0.293 e. The highest BCUT2D eigenvalue weighted by Gasteiger charge is 2.21. The molecular weight excluding hydrogens is 1330 g/mol. The van der Waals surface area contributed by atoms with Gasteiger partial charge in [0, 0.05) is 80.5 Å². The van der Waals surface area contributed by atoms with Crippen LogP contribution in [0, 0.1) is 46.3 Å². The number of aryl methyl sites for hydroxylation is 2. The zero-order valence-electron chi connectivity index (χ0n) is 39.9. The molecule has 25 nitrogen and oxygen atoms in total. The van der Waals surface area contributed by atoms with Gasteiger partial charge in [-0.15, -0.1) is 32.9 Å². The lowest BCUT2D eigenvalue weighted by Crippen LogP contribution is -2.16. The molecule has 0 atom stereocenters. The Hall–Kier alpha value is -8.29. The molecule has 80 heavy (non-hydrogen) atoms. The number of hydrogen-bond donors (Lipinski definition) is 0. The summed E-state index contributed by atoms with van der Waals surface area (Å²) < 4.78 is 19.3. The number of azide groups is 1. The summed E-state index contributed by atoms with van der Waals surface area (Å²) in [5.41, 5.74) is 8.75. The zero-order valence-corrected chi connectivity index (χ0v) is 47.8. The molecule has 0 radical (unpaired) electrons. The highest BCUT2D eigenvalue weighted by atomic mass is 79.9. The molecule has 0 aliphatic carbocycles. The number of rotatable bonds is 16. The highest BCUT2D eigenvalue weighted by molar-refractivity contribution is 9.11. The fraction of sp³-hybridized carbons (Fsp3) is 0.0851. The molecule has 33 heteroatoms. The van der Waals surface area contributed by atoms with Gasteiger partial charge >= 0.3 is 5.69 Å². The molecule has 408 valence electrons. The van der Waals surface area contributed by atoms with Gasteiger partial charge in [0.15, 0.2) is 11.6 Å². The van der Waals surface area contributed by atoms with Gasteiger partial charge in [-0.1, -0.05) is 92.6 Å². The molecule has 9 aromatic rings. The summed E-state index contributed by atoms with van der Waals surface area (Å²) in [6.07, 6.45) is 5.87. The number of nitrogens with zero attached hydrogens (tertiary/aromatic N) is 14. The number of aromatic nitrogens is 7. The van der Waals surface area contributed by atoms with Crippen LogP contribution in [-0.4, -0.2) is 65.8 Å². The van der Waals surface area contributed by atoms with E-state index in [4.69, 9.17) is 28.7 Å². The Kier molecular flexibility index (Phi) is 21.7. The first-order chi connectivity index (χ1) is 38.1. The molecule has 0 bridgehead atoms. The number of nitro groups is 4. The number of nitro benzene ring substituents is 4. The second kappa shape index (κ2) is 28.5. The summed E-state index contributed by atoms with van der Waals surface area (Å²) in [6, 6.07) is 28.2. The van der Waals surface area contributed by atoms with E-state index in [9.17, 15) is 59.2 Å². The maximum atomic E-state index is 12.6. The van der Waals surface area contributed by atoms with E-state index < -0.39 is 31.2 Å². The third-order valence-electron chi connectivity index (χ3n) is 10.3. The number of halogens is 6. The van der Waals surface area contributed by atoms with Crippen LogP contribution in [0.4, 0.5) is 32.8 Å². The maximum absolute atomic E-state index is 12.6. The predicted molar refractivity (Wildman–Crippen MR) is 304 cm³/mol. The van der Waals surface area contributed by atoms with E-state index in [0.717, 1.165) is 12.1 Å². The van der Waals surface area contributed by atoms with E-state index in [2.05, 4.69) is 78.4 Å². The van der Waals surface area contributed by atoms with Crippen molar-refractivity contribution in [2.24, 2.45) is 5.11 Å². The molecule has 0 fully saturated rings. The van der Waals surface area contributed by atoms with Crippen LogP contribution in [-0.2, 0) is 12.8 Å². The van der Waals surface area contributed by atoms with Gasteiger partial charge < -0.3 is 0 Å². The normalized spacial score (nSPS) is 10.4. The number of carbonyl (C=O) groups excluding carboxylic acids is 2. The van der Waals surface area contributed by atoms with Crippen molar-refractivity contribution in [3.8, 4) is 17.1 Å². The average molecular weight is 1360 g/mol. The minimum atomic E-state index is -0.821. The first-order valence-corrected chi connectivity index (χ1v) is 26.8. The van der Waals surface area contributed by atoms with Crippen molar-refractivity contribution in [2.75, 3.05) is 0 Å². The van der Waals surface area contributed by atoms with Crippen molar-refractivity contribution >= 4 is 134 Å². The monoisotopic (exact) mass is 1360 g/mol. The fourth-order valence-corrected chi connectivity index (χ4v) is 9.67. The number of pyridine rings is 1. The molecule has 9 rings (SSSR count). The van der Waals surface area contributed by atoms with Crippen molar-refractivity contribution in [3.63, 3.8) is 0 Å². The highest BCUT2D eigenvalue weighted by Crippen LogP contribution is 2.32. The Labute approximate surface area is 490 Å². The van der Waals surface area contributed by atoms with Gasteiger partial charge in [-0.05, 0) is 84.4 Å². The van der Waals surface area contributed by atoms with E-state index in [1.165, 1.54) is 85.3 Å². The number of Topliss-reactive ketones (excluding diaryl/α,β-unsaturated/α-hetero) is 2. The third kappa shape index (κ3) is 16.9. The molecular formula is C47H30Br3Cl2FN14O11S2. The molecule has 0 aliphatic heterocycles. The first kappa shape index (κ1) is 60.9. The molecule has 5 heterocycles. The predicted octanol–water partition coefficient (Wildman–Crippen LogP) is 14.1. The van der Waals surface area contributed by atoms with E-state index >= 15 is 0 Å². The number of thiophene rings is 2. The number of ketones is 2. The Morgan fingerprint density at radius 3 is 1.55 bits per heavy atom. The van der Waals surface area contributed by atoms with Crippen molar-refractivity contribution in [3.05, 3.63) is 244 Å². The van der Waals surface area contributed by atoms with Crippen molar-refractivity contribution in [2.45, 2.75) is 25.7 Å². The minimum Gasteiger partial charge on any atom is -0.293 e. The second-order valence-corrected chi connectivity index (χ2v) is 21.7. The molecule has 0 unspecified atom stereocenters. The van der Waals surface area contributed by atoms with Crippen LogP contribution in [0.25, 0.3) is 27.5 Å².